The van der Waals surface area contributed by atoms with Gasteiger partial charge in [0.2, 0.25) is 10.0 Å². The predicted molar refractivity (Wildman–Crippen MR) is 123 cm³/mol. The number of methoxy groups -OCH3 is 1. The molecular formula is C24H29FN2O6S. The van der Waals surface area contributed by atoms with Crippen molar-refractivity contribution in [3.8, 4) is 5.75 Å². The highest BCUT2D eigenvalue weighted by Gasteiger charge is 2.29. The van der Waals surface area contributed by atoms with E-state index >= 15 is 0 Å². The van der Waals surface area contributed by atoms with Crippen LogP contribution in [-0.2, 0) is 19.6 Å². The average molecular weight is 493 g/mol. The maximum absolute atomic E-state index is 13.2. The number of nitrogens with one attached hydrogen (secondary N) is 1. The lowest BCUT2D eigenvalue weighted by Gasteiger charge is -2.21. The maximum Gasteiger partial charge on any atom is 0.338 e. The van der Waals surface area contributed by atoms with E-state index in [2.05, 4.69) is 5.32 Å². The van der Waals surface area contributed by atoms with E-state index in [4.69, 9.17) is 9.47 Å². The van der Waals surface area contributed by atoms with E-state index in [1.165, 1.54) is 41.7 Å². The van der Waals surface area contributed by atoms with Crippen LogP contribution in [0.1, 0.15) is 54.6 Å². The Balaban J connectivity index is 1.67. The van der Waals surface area contributed by atoms with Gasteiger partial charge in [-0.15, -0.1) is 0 Å². The molecule has 2 aromatic carbocycles. The number of hydrogen-bond donors (Lipinski definition) is 1. The smallest absolute Gasteiger partial charge is 0.338 e. The van der Waals surface area contributed by atoms with Crippen LogP contribution in [0.3, 0.4) is 0 Å². The molecule has 2 aromatic rings. The van der Waals surface area contributed by atoms with Crippen LogP contribution in [0.4, 0.5) is 4.39 Å². The Kier molecular flexibility index (Phi) is 8.62. The predicted octanol–water partition coefficient (Wildman–Crippen LogP) is 3.43. The third-order valence-electron chi connectivity index (χ3n) is 5.66. The Morgan fingerprint density at radius 3 is 2.32 bits per heavy atom. The Labute approximate surface area is 199 Å². The molecule has 1 heterocycles. The number of nitrogens with zero attached hydrogens (tertiary/aromatic N) is 1. The minimum Gasteiger partial charge on any atom is -0.495 e. The highest BCUT2D eigenvalue weighted by molar-refractivity contribution is 7.89. The standard InChI is InChI=1S/C24H29FN2O6S/c1-17(18-7-10-20(25)11-8-18)26-23(28)16-33-24(29)19-9-12-21(32-2)22(15-19)34(30,31)27-13-5-3-4-6-14-27/h7-12,15,17H,3-6,13-14,16H2,1-2H3,(H,26,28). The fraction of sp³-hybridized carbons (Fsp3) is 0.417. The third-order valence-corrected chi connectivity index (χ3v) is 7.58. The van der Waals surface area contributed by atoms with Crippen LogP contribution in [0.2, 0.25) is 0 Å². The second-order valence-electron chi connectivity index (χ2n) is 8.10. The molecule has 8 nitrogen and oxygen atoms in total. The number of hydrogen-bond acceptors (Lipinski definition) is 6. The lowest BCUT2D eigenvalue weighted by molar-refractivity contribution is -0.124. The van der Waals surface area contributed by atoms with Crippen LogP contribution in [-0.4, -0.2) is 51.4 Å². The van der Waals surface area contributed by atoms with Crippen LogP contribution in [0, 0.1) is 5.82 Å². The summed E-state index contributed by atoms with van der Waals surface area (Å²) in [5.74, 6) is -1.63. The molecule has 0 radical (unpaired) electrons. The summed E-state index contributed by atoms with van der Waals surface area (Å²) in [6.07, 6.45) is 3.48. The topological polar surface area (TPSA) is 102 Å². The molecule has 1 saturated heterocycles. The summed E-state index contributed by atoms with van der Waals surface area (Å²) in [5.41, 5.74) is 0.688. The summed E-state index contributed by atoms with van der Waals surface area (Å²) in [4.78, 5) is 24.7. The zero-order chi connectivity index (χ0) is 24.7. The van der Waals surface area contributed by atoms with Crippen LogP contribution in [0.25, 0.3) is 0 Å². The van der Waals surface area contributed by atoms with Crippen molar-refractivity contribution < 1.29 is 31.9 Å². The number of benzene rings is 2. The van der Waals surface area contributed by atoms with Gasteiger partial charge < -0.3 is 14.8 Å². The molecule has 1 amide bonds. The molecule has 0 aliphatic carbocycles. The number of ether oxygens (including phenoxy) is 2. The average Bonchev–Trinajstić information content (AvgIpc) is 3.13. The first-order chi connectivity index (χ1) is 16.2. The number of halogens is 1. The van der Waals surface area contributed by atoms with E-state index in [1.807, 2.05) is 0 Å². The highest BCUT2D eigenvalue weighted by atomic mass is 32.2. The molecule has 184 valence electrons. The molecule has 0 spiro atoms. The molecule has 1 fully saturated rings. The van der Waals surface area contributed by atoms with Gasteiger partial charge in [-0.1, -0.05) is 25.0 Å². The van der Waals surface area contributed by atoms with Crippen molar-refractivity contribution in [2.24, 2.45) is 0 Å². The molecule has 3 rings (SSSR count). The third kappa shape index (κ3) is 6.32. The molecule has 1 unspecified atom stereocenters. The van der Waals surface area contributed by atoms with Crippen molar-refractivity contribution >= 4 is 21.9 Å². The van der Waals surface area contributed by atoms with Crippen molar-refractivity contribution in [3.05, 3.63) is 59.4 Å². The van der Waals surface area contributed by atoms with Gasteiger partial charge in [0, 0.05) is 13.1 Å². The summed E-state index contributed by atoms with van der Waals surface area (Å²) in [6, 6.07) is 9.28. The number of rotatable bonds is 8. The largest absolute Gasteiger partial charge is 0.495 e. The zero-order valence-electron chi connectivity index (χ0n) is 19.3. The van der Waals surface area contributed by atoms with Crippen molar-refractivity contribution in [1.82, 2.24) is 9.62 Å². The van der Waals surface area contributed by atoms with E-state index in [1.54, 1.807) is 19.1 Å². The molecule has 0 bridgehead atoms. The van der Waals surface area contributed by atoms with E-state index in [9.17, 15) is 22.4 Å². The first-order valence-corrected chi connectivity index (χ1v) is 12.6. The molecule has 1 aliphatic heterocycles. The van der Waals surface area contributed by atoms with Gasteiger partial charge in [0.1, 0.15) is 16.5 Å². The number of carbonyl (C=O) groups excluding carboxylic acids is 2. The normalized spacial score (nSPS) is 15.7. The van der Waals surface area contributed by atoms with Crippen molar-refractivity contribution in [1.29, 1.82) is 0 Å². The van der Waals surface area contributed by atoms with E-state index in [-0.39, 0.29) is 22.0 Å². The fourth-order valence-corrected chi connectivity index (χ4v) is 5.46. The van der Waals surface area contributed by atoms with Crippen LogP contribution < -0.4 is 10.1 Å². The summed E-state index contributed by atoms with van der Waals surface area (Å²) >= 11 is 0. The summed E-state index contributed by atoms with van der Waals surface area (Å²) in [6.45, 7) is 1.99. The number of sulfonamides is 1. The maximum atomic E-state index is 13.2. The van der Waals surface area contributed by atoms with Crippen LogP contribution in [0.15, 0.2) is 47.4 Å². The molecule has 0 saturated carbocycles. The van der Waals surface area contributed by atoms with Gasteiger partial charge in [-0.05, 0) is 55.7 Å². The minimum absolute atomic E-state index is 0.00594. The summed E-state index contributed by atoms with van der Waals surface area (Å²) in [7, 11) is -2.51. The molecule has 0 aromatic heterocycles. The van der Waals surface area contributed by atoms with Gasteiger partial charge in [-0.2, -0.15) is 4.31 Å². The fourth-order valence-electron chi connectivity index (χ4n) is 3.76. The lowest BCUT2D eigenvalue weighted by atomic mass is 10.1. The Morgan fingerprint density at radius 2 is 1.71 bits per heavy atom. The zero-order valence-corrected chi connectivity index (χ0v) is 20.1. The quantitative estimate of drug-likeness (QED) is 0.567. The Hall–Kier alpha value is -2.98. The van der Waals surface area contributed by atoms with Gasteiger partial charge in [-0.3, -0.25) is 4.79 Å². The van der Waals surface area contributed by atoms with Crippen molar-refractivity contribution in [3.63, 3.8) is 0 Å². The van der Waals surface area contributed by atoms with Gasteiger partial charge >= 0.3 is 5.97 Å². The van der Waals surface area contributed by atoms with Gasteiger partial charge in [0.05, 0.1) is 18.7 Å². The monoisotopic (exact) mass is 492 g/mol. The molecule has 10 heteroatoms. The van der Waals surface area contributed by atoms with Crippen LogP contribution in [0.5, 0.6) is 5.75 Å². The number of amides is 1. The van der Waals surface area contributed by atoms with E-state index < -0.39 is 34.5 Å². The van der Waals surface area contributed by atoms with Gasteiger partial charge in [-0.25, -0.2) is 17.6 Å². The van der Waals surface area contributed by atoms with E-state index in [0.717, 1.165) is 25.7 Å². The highest BCUT2D eigenvalue weighted by Crippen LogP contribution is 2.29. The Morgan fingerprint density at radius 1 is 1.06 bits per heavy atom. The van der Waals surface area contributed by atoms with E-state index in [0.29, 0.717) is 18.7 Å². The molecule has 1 N–H and O–H groups in total. The summed E-state index contributed by atoms with van der Waals surface area (Å²) < 4.78 is 51.3. The summed E-state index contributed by atoms with van der Waals surface area (Å²) in [5, 5.41) is 2.66. The molecular weight excluding hydrogens is 463 g/mol. The second-order valence-corrected chi connectivity index (χ2v) is 10.0. The first-order valence-electron chi connectivity index (χ1n) is 11.1. The number of esters is 1. The Bertz CT molecular complexity index is 1110. The second kappa shape index (κ2) is 11.4. The van der Waals surface area contributed by atoms with Crippen molar-refractivity contribution in [2.75, 3.05) is 26.8 Å². The van der Waals surface area contributed by atoms with Gasteiger partial charge in [0.15, 0.2) is 6.61 Å². The lowest BCUT2D eigenvalue weighted by Crippen LogP contribution is -2.32. The molecule has 34 heavy (non-hydrogen) atoms. The molecule has 1 atom stereocenters. The first kappa shape index (κ1) is 25.6. The van der Waals surface area contributed by atoms with Crippen molar-refractivity contribution in [2.45, 2.75) is 43.5 Å². The SMILES string of the molecule is COc1ccc(C(=O)OCC(=O)NC(C)c2ccc(F)cc2)cc1S(=O)(=O)N1CCCCCC1. The minimum atomic E-state index is -3.87. The molecule has 1 aliphatic rings. The van der Waals surface area contributed by atoms with Gasteiger partial charge in [0.25, 0.3) is 5.91 Å². The van der Waals surface area contributed by atoms with Crippen LogP contribution >= 0.6 is 0 Å². The number of carbonyl (C=O) groups is 2.